The van der Waals surface area contributed by atoms with Crippen LogP contribution in [0.25, 0.3) is 0 Å². The number of nitrogens with one attached hydrogen (secondary N) is 1. The van der Waals surface area contributed by atoms with Crippen LogP contribution in [0.5, 0.6) is 0 Å². The van der Waals surface area contributed by atoms with Crippen LogP contribution in [-0.4, -0.2) is 19.8 Å². The Morgan fingerprint density at radius 3 is 2.86 bits per heavy atom. The molecule has 0 saturated carbocycles. The van der Waals surface area contributed by atoms with Gasteiger partial charge in [-0.05, 0) is 47.5 Å². The van der Waals surface area contributed by atoms with Crippen molar-refractivity contribution < 1.29 is 4.74 Å². The Kier molecular flexibility index (Phi) is 4.98. The molecular formula is C11H16BrNO. The van der Waals surface area contributed by atoms with Gasteiger partial charge >= 0.3 is 0 Å². The molecule has 3 heteroatoms. The van der Waals surface area contributed by atoms with Gasteiger partial charge in [0.1, 0.15) is 0 Å². The summed E-state index contributed by atoms with van der Waals surface area (Å²) in [4.78, 5) is 0. The molecule has 1 N–H and O–H groups in total. The van der Waals surface area contributed by atoms with Crippen molar-refractivity contribution in [2.24, 2.45) is 0 Å². The number of anilines is 1. The Hall–Kier alpha value is -0.540. The molecule has 0 amide bonds. The summed E-state index contributed by atoms with van der Waals surface area (Å²) >= 11 is 3.51. The lowest BCUT2D eigenvalue weighted by Gasteiger charge is -2.08. The lowest BCUT2D eigenvalue weighted by Crippen LogP contribution is -2.09. The second kappa shape index (κ2) is 6.04. The van der Waals surface area contributed by atoms with E-state index in [1.165, 1.54) is 5.56 Å². The van der Waals surface area contributed by atoms with Crippen molar-refractivity contribution in [1.82, 2.24) is 0 Å². The molecule has 2 nitrogen and oxygen atoms in total. The molecule has 1 aromatic rings. The van der Waals surface area contributed by atoms with Crippen molar-refractivity contribution in [3.05, 3.63) is 28.2 Å². The fourth-order valence-corrected chi connectivity index (χ4v) is 1.80. The second-order valence-corrected chi connectivity index (χ2v) is 3.96. The number of ether oxygens (including phenoxy) is 1. The van der Waals surface area contributed by atoms with Crippen LogP contribution in [0, 0.1) is 6.92 Å². The average molecular weight is 258 g/mol. The summed E-state index contributed by atoms with van der Waals surface area (Å²) in [5, 5.41) is 3.30. The minimum Gasteiger partial charge on any atom is -0.382 e. The fourth-order valence-electron chi connectivity index (χ4n) is 1.17. The third kappa shape index (κ3) is 3.68. The molecule has 0 aliphatic heterocycles. The first-order valence-electron chi connectivity index (χ1n) is 4.82. The Bertz CT molecular complexity index is 289. The van der Waals surface area contributed by atoms with E-state index < -0.39 is 0 Å². The van der Waals surface area contributed by atoms with Gasteiger partial charge in [-0.1, -0.05) is 6.07 Å². The first-order valence-corrected chi connectivity index (χ1v) is 5.61. The molecule has 0 fully saturated rings. The average Bonchev–Trinajstić information content (AvgIpc) is 2.15. The molecule has 0 saturated heterocycles. The molecule has 0 spiro atoms. The summed E-state index contributed by atoms with van der Waals surface area (Å²) in [7, 11) is 0. The Balaban J connectivity index is 2.42. The molecule has 78 valence electrons. The molecule has 0 unspecified atom stereocenters. The van der Waals surface area contributed by atoms with E-state index in [2.05, 4.69) is 46.4 Å². The zero-order valence-electron chi connectivity index (χ0n) is 8.64. The monoisotopic (exact) mass is 257 g/mol. The maximum atomic E-state index is 5.24. The van der Waals surface area contributed by atoms with Gasteiger partial charge < -0.3 is 10.1 Å². The molecule has 0 aliphatic carbocycles. The fraction of sp³-hybridized carbons (Fsp3) is 0.455. The van der Waals surface area contributed by atoms with Gasteiger partial charge in [-0.15, -0.1) is 0 Å². The first-order chi connectivity index (χ1) is 6.74. The molecule has 0 radical (unpaired) electrons. The summed E-state index contributed by atoms with van der Waals surface area (Å²) in [6.45, 7) is 6.44. The third-order valence-electron chi connectivity index (χ3n) is 1.89. The van der Waals surface area contributed by atoms with Crippen molar-refractivity contribution in [2.45, 2.75) is 13.8 Å². The molecular weight excluding hydrogens is 242 g/mol. The number of benzene rings is 1. The van der Waals surface area contributed by atoms with E-state index in [0.29, 0.717) is 0 Å². The van der Waals surface area contributed by atoms with Crippen LogP contribution in [-0.2, 0) is 4.74 Å². The molecule has 0 bridgehead atoms. The highest BCUT2D eigenvalue weighted by Crippen LogP contribution is 2.22. The van der Waals surface area contributed by atoms with Crippen molar-refractivity contribution in [1.29, 1.82) is 0 Å². The van der Waals surface area contributed by atoms with Crippen molar-refractivity contribution in [2.75, 3.05) is 25.1 Å². The normalized spacial score (nSPS) is 10.2. The molecule has 1 rings (SSSR count). The molecule has 0 heterocycles. The largest absolute Gasteiger partial charge is 0.382 e. The molecule has 0 aromatic heterocycles. The Morgan fingerprint density at radius 1 is 1.43 bits per heavy atom. The number of rotatable bonds is 5. The van der Waals surface area contributed by atoms with Crippen LogP contribution in [0.15, 0.2) is 22.7 Å². The van der Waals surface area contributed by atoms with Gasteiger partial charge in [-0.3, -0.25) is 0 Å². The molecule has 14 heavy (non-hydrogen) atoms. The van der Waals surface area contributed by atoms with Crippen LogP contribution in [0.1, 0.15) is 12.5 Å². The highest BCUT2D eigenvalue weighted by atomic mass is 79.9. The number of hydrogen-bond acceptors (Lipinski definition) is 2. The summed E-state index contributed by atoms with van der Waals surface area (Å²) < 4.78 is 6.35. The number of hydrogen-bond donors (Lipinski definition) is 1. The molecule has 0 atom stereocenters. The first kappa shape index (κ1) is 11.5. The van der Waals surface area contributed by atoms with Gasteiger partial charge in [0.05, 0.1) is 6.61 Å². The minimum absolute atomic E-state index is 0.747. The highest BCUT2D eigenvalue weighted by molar-refractivity contribution is 9.10. The van der Waals surface area contributed by atoms with Crippen molar-refractivity contribution >= 4 is 21.6 Å². The second-order valence-electron chi connectivity index (χ2n) is 3.11. The quantitative estimate of drug-likeness (QED) is 0.819. The number of aryl methyl sites for hydroxylation is 1. The van der Waals surface area contributed by atoms with Crippen LogP contribution in [0.3, 0.4) is 0 Å². The van der Waals surface area contributed by atoms with Gasteiger partial charge in [0.15, 0.2) is 0 Å². The van der Waals surface area contributed by atoms with Gasteiger partial charge in [0.2, 0.25) is 0 Å². The van der Waals surface area contributed by atoms with Gasteiger partial charge in [-0.25, -0.2) is 0 Å². The van der Waals surface area contributed by atoms with Crippen LogP contribution in [0.4, 0.5) is 5.69 Å². The lowest BCUT2D eigenvalue weighted by atomic mass is 10.2. The van der Waals surface area contributed by atoms with E-state index in [1.807, 2.05) is 6.92 Å². The Morgan fingerprint density at radius 2 is 2.21 bits per heavy atom. The van der Waals surface area contributed by atoms with E-state index in [4.69, 9.17) is 4.74 Å². The van der Waals surface area contributed by atoms with Crippen LogP contribution in [0.2, 0.25) is 0 Å². The topological polar surface area (TPSA) is 21.3 Å². The minimum atomic E-state index is 0.747. The van der Waals surface area contributed by atoms with Gasteiger partial charge in [-0.2, -0.15) is 0 Å². The summed E-state index contributed by atoms with van der Waals surface area (Å²) in [5.74, 6) is 0. The predicted molar refractivity (Wildman–Crippen MR) is 63.9 cm³/mol. The van der Waals surface area contributed by atoms with E-state index in [9.17, 15) is 0 Å². The summed E-state index contributed by atoms with van der Waals surface area (Å²) in [6.07, 6.45) is 0. The number of halogens is 1. The Labute approximate surface area is 93.8 Å². The van der Waals surface area contributed by atoms with E-state index in [1.54, 1.807) is 0 Å². The highest BCUT2D eigenvalue weighted by Gasteiger charge is 1.98. The van der Waals surface area contributed by atoms with Gasteiger partial charge in [0.25, 0.3) is 0 Å². The lowest BCUT2D eigenvalue weighted by molar-refractivity contribution is 0.158. The van der Waals surface area contributed by atoms with Crippen molar-refractivity contribution in [3.8, 4) is 0 Å². The zero-order chi connectivity index (χ0) is 10.4. The molecule has 0 aliphatic rings. The standard InChI is InChI=1S/C11H16BrNO/c1-3-14-7-6-13-11-5-4-9(2)8-10(11)12/h4-5,8,13H,3,6-7H2,1-2H3. The molecule has 1 aromatic carbocycles. The van der Waals surface area contributed by atoms with E-state index in [-0.39, 0.29) is 0 Å². The van der Waals surface area contributed by atoms with Crippen molar-refractivity contribution in [3.63, 3.8) is 0 Å². The van der Waals surface area contributed by atoms with Gasteiger partial charge in [0, 0.05) is 23.3 Å². The van der Waals surface area contributed by atoms with E-state index in [0.717, 1.165) is 29.9 Å². The maximum absolute atomic E-state index is 5.24. The zero-order valence-corrected chi connectivity index (χ0v) is 10.2. The predicted octanol–water partition coefficient (Wildman–Crippen LogP) is 3.21. The smallest absolute Gasteiger partial charge is 0.0638 e. The summed E-state index contributed by atoms with van der Waals surface area (Å²) in [6, 6.07) is 6.27. The summed E-state index contributed by atoms with van der Waals surface area (Å²) in [5.41, 5.74) is 2.38. The third-order valence-corrected chi connectivity index (χ3v) is 2.55. The maximum Gasteiger partial charge on any atom is 0.0638 e. The van der Waals surface area contributed by atoms with E-state index >= 15 is 0 Å². The van der Waals surface area contributed by atoms with Crippen LogP contribution < -0.4 is 5.32 Å². The SMILES string of the molecule is CCOCCNc1ccc(C)cc1Br. The van der Waals surface area contributed by atoms with Crippen LogP contribution >= 0.6 is 15.9 Å².